The van der Waals surface area contributed by atoms with Gasteiger partial charge in [-0.25, -0.2) is 18.1 Å². The van der Waals surface area contributed by atoms with Gasteiger partial charge in [0, 0.05) is 25.3 Å². The summed E-state index contributed by atoms with van der Waals surface area (Å²) in [6.45, 7) is 1.38. The zero-order valence-corrected chi connectivity index (χ0v) is 9.57. The van der Waals surface area contributed by atoms with Crippen LogP contribution < -0.4 is 9.62 Å². The van der Waals surface area contributed by atoms with Crippen LogP contribution in [0.4, 0.5) is 5.82 Å². The van der Waals surface area contributed by atoms with Gasteiger partial charge in [0.15, 0.2) is 0 Å². The molecule has 3 heterocycles. The van der Waals surface area contributed by atoms with E-state index in [9.17, 15) is 8.42 Å². The monoisotopic (exact) mass is 239 g/mol. The summed E-state index contributed by atoms with van der Waals surface area (Å²) in [4.78, 5) is 6.63. The van der Waals surface area contributed by atoms with E-state index in [0.717, 1.165) is 19.4 Å². The van der Waals surface area contributed by atoms with Gasteiger partial charge >= 0.3 is 0 Å². The Morgan fingerprint density at radius 2 is 2.38 bits per heavy atom. The molecule has 0 aromatic carbocycles. The molecule has 5 nitrogen and oxygen atoms in total. The van der Waals surface area contributed by atoms with Crippen molar-refractivity contribution in [1.29, 1.82) is 0 Å². The molecule has 0 spiro atoms. The maximum Gasteiger partial charge on any atom is 0.244 e. The molecule has 6 heteroatoms. The molecule has 1 atom stereocenters. The minimum atomic E-state index is -3.37. The van der Waals surface area contributed by atoms with Crippen molar-refractivity contribution in [1.82, 2.24) is 9.71 Å². The zero-order chi connectivity index (χ0) is 11.2. The molecule has 2 aliphatic rings. The fourth-order valence-corrected chi connectivity index (χ4v) is 3.65. The van der Waals surface area contributed by atoms with Gasteiger partial charge in [-0.1, -0.05) is 0 Å². The van der Waals surface area contributed by atoms with Gasteiger partial charge in [0.2, 0.25) is 10.0 Å². The van der Waals surface area contributed by atoms with Gasteiger partial charge in [0.1, 0.15) is 10.7 Å². The Labute approximate surface area is 94.5 Å². The minimum absolute atomic E-state index is 0.255. The van der Waals surface area contributed by atoms with E-state index in [0.29, 0.717) is 17.3 Å². The largest absolute Gasteiger partial charge is 0.351 e. The van der Waals surface area contributed by atoms with Crippen molar-refractivity contribution >= 4 is 15.8 Å². The Hall–Kier alpha value is -1.14. The lowest BCUT2D eigenvalue weighted by atomic mass is 10.2. The van der Waals surface area contributed by atoms with Crippen LogP contribution in [0.25, 0.3) is 0 Å². The normalized spacial score (nSPS) is 27.0. The first kappa shape index (κ1) is 10.0. The van der Waals surface area contributed by atoms with Crippen molar-refractivity contribution in [3.05, 3.63) is 18.3 Å². The Balaban J connectivity index is 2.20. The Morgan fingerprint density at radius 1 is 1.50 bits per heavy atom. The van der Waals surface area contributed by atoms with E-state index in [4.69, 9.17) is 0 Å². The lowest BCUT2D eigenvalue weighted by molar-refractivity contribution is 0.575. The van der Waals surface area contributed by atoms with Crippen molar-refractivity contribution in [3.63, 3.8) is 0 Å². The van der Waals surface area contributed by atoms with E-state index >= 15 is 0 Å². The molecule has 1 fully saturated rings. The second kappa shape index (κ2) is 3.43. The minimum Gasteiger partial charge on any atom is -0.351 e. The highest BCUT2D eigenvalue weighted by Crippen LogP contribution is 2.31. The number of sulfonamides is 1. The predicted molar refractivity (Wildman–Crippen MR) is 59.8 cm³/mol. The van der Waals surface area contributed by atoms with E-state index in [1.54, 1.807) is 18.3 Å². The highest BCUT2D eigenvalue weighted by Gasteiger charge is 2.34. The van der Waals surface area contributed by atoms with Crippen LogP contribution >= 0.6 is 0 Å². The molecule has 3 rings (SSSR count). The second-order valence-electron chi connectivity index (χ2n) is 4.17. The van der Waals surface area contributed by atoms with Crippen LogP contribution in [-0.4, -0.2) is 32.5 Å². The van der Waals surface area contributed by atoms with E-state index < -0.39 is 10.0 Å². The fraction of sp³-hybridized carbons (Fsp3) is 0.500. The standard InChI is InChI=1S/C10H13N3O2S/c14-16(15)9-4-1-5-11-10(9)13-6-2-3-8(13)7-12-16/h1,4-5,8,12H,2-3,6-7H2/t8-/m0/s1. The van der Waals surface area contributed by atoms with Gasteiger partial charge in [0.05, 0.1) is 0 Å². The van der Waals surface area contributed by atoms with Gasteiger partial charge in [-0.05, 0) is 25.0 Å². The number of pyridine rings is 1. The highest BCUT2D eigenvalue weighted by atomic mass is 32.2. The van der Waals surface area contributed by atoms with Gasteiger partial charge in [0.25, 0.3) is 0 Å². The molecule has 1 N–H and O–H groups in total. The summed E-state index contributed by atoms with van der Waals surface area (Å²) in [5.41, 5.74) is 0. The zero-order valence-electron chi connectivity index (χ0n) is 8.76. The topological polar surface area (TPSA) is 62.3 Å². The lowest BCUT2D eigenvalue weighted by Crippen LogP contribution is -2.36. The smallest absolute Gasteiger partial charge is 0.244 e. The number of hydrogen-bond donors (Lipinski definition) is 1. The Morgan fingerprint density at radius 3 is 3.25 bits per heavy atom. The van der Waals surface area contributed by atoms with Crippen molar-refractivity contribution < 1.29 is 8.42 Å². The molecule has 1 saturated heterocycles. The highest BCUT2D eigenvalue weighted by molar-refractivity contribution is 7.89. The number of aromatic nitrogens is 1. The average Bonchev–Trinajstić information content (AvgIpc) is 2.71. The molecule has 0 amide bonds. The molecular formula is C10H13N3O2S. The Bertz CT molecular complexity index is 515. The average molecular weight is 239 g/mol. The van der Waals surface area contributed by atoms with Crippen molar-refractivity contribution in [2.45, 2.75) is 23.8 Å². The number of rotatable bonds is 0. The maximum absolute atomic E-state index is 11.9. The van der Waals surface area contributed by atoms with Crippen LogP contribution in [-0.2, 0) is 10.0 Å². The lowest BCUT2D eigenvalue weighted by Gasteiger charge is -2.23. The van der Waals surface area contributed by atoms with Crippen molar-refractivity contribution in [2.24, 2.45) is 0 Å². The summed E-state index contributed by atoms with van der Waals surface area (Å²) in [7, 11) is -3.37. The fourth-order valence-electron chi connectivity index (χ4n) is 2.42. The third-order valence-corrected chi connectivity index (χ3v) is 4.64. The van der Waals surface area contributed by atoms with E-state index in [2.05, 4.69) is 14.6 Å². The summed E-state index contributed by atoms with van der Waals surface area (Å²) in [5.74, 6) is 0.606. The summed E-state index contributed by atoms with van der Waals surface area (Å²) in [5, 5.41) is 0. The predicted octanol–water partition coefficient (Wildman–Crippen LogP) is 0.342. The first-order chi connectivity index (χ1) is 7.68. The second-order valence-corrected chi connectivity index (χ2v) is 5.90. The summed E-state index contributed by atoms with van der Waals surface area (Å²) < 4.78 is 26.5. The maximum atomic E-state index is 11.9. The Kier molecular flexibility index (Phi) is 2.15. The van der Waals surface area contributed by atoms with Crippen LogP contribution in [0.3, 0.4) is 0 Å². The van der Waals surface area contributed by atoms with E-state index in [-0.39, 0.29) is 6.04 Å². The van der Waals surface area contributed by atoms with Crippen LogP contribution in [0, 0.1) is 0 Å². The van der Waals surface area contributed by atoms with Gasteiger partial charge in [-0.3, -0.25) is 0 Å². The number of anilines is 1. The number of fused-ring (bicyclic) bond motifs is 3. The van der Waals surface area contributed by atoms with Crippen LogP contribution in [0.15, 0.2) is 23.2 Å². The van der Waals surface area contributed by atoms with Gasteiger partial charge < -0.3 is 4.90 Å². The summed E-state index contributed by atoms with van der Waals surface area (Å²) in [6.07, 6.45) is 3.77. The molecule has 1 aromatic heterocycles. The van der Waals surface area contributed by atoms with Gasteiger partial charge in [-0.15, -0.1) is 0 Å². The third kappa shape index (κ3) is 1.41. The van der Waals surface area contributed by atoms with Gasteiger partial charge in [-0.2, -0.15) is 0 Å². The SMILES string of the molecule is O=S1(=O)NC[C@@H]2CCCN2c2ncccc21. The van der Waals surface area contributed by atoms with Crippen LogP contribution in [0.1, 0.15) is 12.8 Å². The molecule has 0 unspecified atom stereocenters. The molecular weight excluding hydrogens is 226 g/mol. The molecule has 1 aromatic rings. The first-order valence-electron chi connectivity index (χ1n) is 5.40. The third-order valence-electron chi connectivity index (χ3n) is 3.20. The van der Waals surface area contributed by atoms with E-state index in [1.807, 2.05) is 0 Å². The van der Waals surface area contributed by atoms with E-state index in [1.165, 1.54) is 0 Å². The molecule has 0 radical (unpaired) electrons. The molecule has 86 valence electrons. The van der Waals surface area contributed by atoms with Crippen molar-refractivity contribution in [2.75, 3.05) is 18.0 Å². The first-order valence-corrected chi connectivity index (χ1v) is 6.88. The summed E-state index contributed by atoms with van der Waals surface area (Å²) >= 11 is 0. The number of nitrogens with zero attached hydrogens (tertiary/aromatic N) is 2. The van der Waals surface area contributed by atoms with Crippen LogP contribution in [0.2, 0.25) is 0 Å². The number of nitrogens with one attached hydrogen (secondary N) is 1. The molecule has 16 heavy (non-hydrogen) atoms. The molecule has 0 saturated carbocycles. The molecule has 0 bridgehead atoms. The van der Waals surface area contributed by atoms with Crippen LogP contribution in [0.5, 0.6) is 0 Å². The quantitative estimate of drug-likeness (QED) is 0.709. The number of hydrogen-bond acceptors (Lipinski definition) is 4. The molecule has 2 aliphatic heterocycles. The molecule has 0 aliphatic carbocycles. The summed E-state index contributed by atoms with van der Waals surface area (Å²) in [6, 6.07) is 3.53. The van der Waals surface area contributed by atoms with Crippen molar-refractivity contribution in [3.8, 4) is 0 Å².